The molecule has 2 saturated heterocycles. The number of nitrogens with zero attached hydrogens (tertiary/aromatic N) is 3. The van der Waals surface area contributed by atoms with E-state index in [1.165, 1.54) is 44.2 Å². The van der Waals surface area contributed by atoms with Crippen LogP contribution < -0.4 is 10.6 Å². The molecule has 2 bridgehead atoms. The zero-order chi connectivity index (χ0) is 22.6. The lowest BCUT2D eigenvalue weighted by molar-refractivity contribution is 0.183. The van der Waals surface area contributed by atoms with Crippen molar-refractivity contribution < 1.29 is 4.74 Å². The second kappa shape index (κ2) is 10.1. The van der Waals surface area contributed by atoms with Gasteiger partial charge >= 0.3 is 0 Å². The van der Waals surface area contributed by atoms with Gasteiger partial charge in [-0.15, -0.1) is 0 Å². The number of fused-ring (bicyclic) bond motifs is 1. The van der Waals surface area contributed by atoms with Crippen LogP contribution in [-0.4, -0.2) is 53.7 Å². The first-order valence-electron chi connectivity index (χ1n) is 12.4. The molecule has 32 heavy (non-hydrogen) atoms. The SMILES string of the molecule is CC/C=C(/N=C(\C=C(/C)OCC)Nc1cc(C2CCCC2)[nH]n1)N1CC2(CNC)CC1C2. The van der Waals surface area contributed by atoms with E-state index in [0.29, 0.717) is 24.0 Å². The molecule has 5 rings (SSSR count). The monoisotopic (exact) mass is 440 g/mol. The third-order valence-corrected chi connectivity index (χ3v) is 7.11. The Hall–Kier alpha value is -2.28. The van der Waals surface area contributed by atoms with E-state index in [1.807, 2.05) is 19.9 Å². The number of H-pyrrole nitrogens is 1. The number of hydrogen-bond acceptors (Lipinski definition) is 5. The van der Waals surface area contributed by atoms with Crippen molar-refractivity contribution in [2.45, 2.75) is 77.7 Å². The van der Waals surface area contributed by atoms with E-state index in [0.717, 1.165) is 42.7 Å². The minimum Gasteiger partial charge on any atom is -0.498 e. The zero-order valence-corrected chi connectivity index (χ0v) is 20.2. The largest absolute Gasteiger partial charge is 0.498 e. The number of rotatable bonds is 10. The molecule has 0 unspecified atom stereocenters. The van der Waals surface area contributed by atoms with Crippen molar-refractivity contribution in [2.24, 2.45) is 10.4 Å². The molecular formula is C25H40N6O. The maximum Gasteiger partial charge on any atom is 0.153 e. The van der Waals surface area contributed by atoms with Gasteiger partial charge in [-0.2, -0.15) is 5.10 Å². The number of amidine groups is 1. The fraction of sp³-hybridized carbons (Fsp3) is 0.680. The van der Waals surface area contributed by atoms with Gasteiger partial charge in [0.2, 0.25) is 0 Å². The van der Waals surface area contributed by atoms with E-state index in [2.05, 4.69) is 51.8 Å². The third-order valence-electron chi connectivity index (χ3n) is 7.11. The smallest absolute Gasteiger partial charge is 0.153 e. The second-order valence-corrected chi connectivity index (χ2v) is 9.69. The van der Waals surface area contributed by atoms with Gasteiger partial charge in [-0.05, 0) is 59.1 Å². The molecule has 0 radical (unpaired) electrons. The first-order chi connectivity index (χ1) is 15.6. The normalized spacial score (nSPS) is 26.6. The molecule has 1 aromatic rings. The van der Waals surface area contributed by atoms with Crippen molar-refractivity contribution >= 4 is 11.7 Å². The number of aromatic nitrogens is 2. The lowest BCUT2D eigenvalue weighted by Crippen LogP contribution is -2.41. The number of anilines is 1. The highest BCUT2D eigenvalue weighted by Gasteiger charge is 2.55. The van der Waals surface area contributed by atoms with Crippen LogP contribution in [0.2, 0.25) is 0 Å². The van der Waals surface area contributed by atoms with E-state index in [1.54, 1.807) is 0 Å². The Morgan fingerprint density at radius 1 is 1.34 bits per heavy atom. The summed E-state index contributed by atoms with van der Waals surface area (Å²) >= 11 is 0. The van der Waals surface area contributed by atoms with Gasteiger partial charge in [0.25, 0.3) is 0 Å². The number of ether oxygens (including phenoxy) is 1. The number of hydrogen-bond donors (Lipinski definition) is 3. The summed E-state index contributed by atoms with van der Waals surface area (Å²) in [7, 11) is 2.05. The van der Waals surface area contributed by atoms with Crippen LogP contribution in [0.5, 0.6) is 0 Å². The molecule has 1 aromatic heterocycles. The summed E-state index contributed by atoms with van der Waals surface area (Å²) in [5, 5.41) is 14.6. The lowest BCUT2D eigenvalue weighted by atomic mass is 9.70. The molecule has 7 heteroatoms. The topological polar surface area (TPSA) is 77.6 Å². The lowest BCUT2D eigenvalue weighted by Gasteiger charge is -2.36. The average Bonchev–Trinajstić information content (AvgIpc) is 3.51. The molecule has 2 aliphatic heterocycles. The van der Waals surface area contributed by atoms with Crippen molar-refractivity contribution in [2.75, 3.05) is 32.1 Å². The molecule has 3 N–H and O–H groups in total. The van der Waals surface area contributed by atoms with Crippen molar-refractivity contribution in [3.8, 4) is 0 Å². The highest BCUT2D eigenvalue weighted by molar-refractivity contribution is 6.04. The Kier molecular flexibility index (Phi) is 7.23. The molecule has 4 fully saturated rings. The number of aliphatic imine (C=N–C) groups is 1. The van der Waals surface area contributed by atoms with Crippen LogP contribution in [0.4, 0.5) is 5.82 Å². The second-order valence-electron chi connectivity index (χ2n) is 9.69. The van der Waals surface area contributed by atoms with E-state index in [9.17, 15) is 0 Å². The number of nitrogens with one attached hydrogen (secondary N) is 3. The minimum atomic E-state index is 0.408. The molecule has 176 valence electrons. The Labute approximate surface area is 192 Å². The first-order valence-corrected chi connectivity index (χ1v) is 12.4. The molecular weight excluding hydrogens is 400 g/mol. The summed E-state index contributed by atoms with van der Waals surface area (Å²) < 4.78 is 5.71. The van der Waals surface area contributed by atoms with Gasteiger partial charge in [-0.3, -0.25) is 5.10 Å². The number of allylic oxidation sites excluding steroid dienone is 2. The van der Waals surface area contributed by atoms with E-state index >= 15 is 0 Å². The van der Waals surface area contributed by atoms with Gasteiger partial charge in [-0.25, -0.2) is 4.99 Å². The molecule has 0 aromatic carbocycles. The summed E-state index contributed by atoms with van der Waals surface area (Å²) in [6.07, 6.45) is 12.8. The Morgan fingerprint density at radius 2 is 2.12 bits per heavy atom. The molecule has 7 nitrogen and oxygen atoms in total. The van der Waals surface area contributed by atoms with Gasteiger partial charge in [0.1, 0.15) is 11.7 Å². The van der Waals surface area contributed by atoms with Gasteiger partial charge in [0, 0.05) is 48.3 Å². The summed E-state index contributed by atoms with van der Waals surface area (Å²) in [6, 6.07) is 2.75. The number of aromatic amines is 1. The van der Waals surface area contributed by atoms with Crippen molar-refractivity contribution in [1.29, 1.82) is 0 Å². The van der Waals surface area contributed by atoms with Crippen LogP contribution in [0.1, 0.15) is 77.3 Å². The van der Waals surface area contributed by atoms with Crippen LogP contribution >= 0.6 is 0 Å². The average molecular weight is 441 g/mol. The fourth-order valence-corrected chi connectivity index (χ4v) is 5.69. The molecule has 4 aliphatic rings. The maximum absolute atomic E-state index is 5.71. The van der Waals surface area contributed by atoms with Crippen LogP contribution in [-0.2, 0) is 4.74 Å². The quantitative estimate of drug-likeness (QED) is 0.278. The fourth-order valence-electron chi connectivity index (χ4n) is 5.69. The van der Waals surface area contributed by atoms with E-state index in [-0.39, 0.29) is 0 Å². The molecule has 2 saturated carbocycles. The van der Waals surface area contributed by atoms with Crippen LogP contribution in [0.25, 0.3) is 0 Å². The van der Waals surface area contributed by atoms with Gasteiger partial charge < -0.3 is 20.3 Å². The van der Waals surface area contributed by atoms with E-state index < -0.39 is 0 Å². The van der Waals surface area contributed by atoms with Crippen LogP contribution in [0.15, 0.2) is 34.8 Å². The van der Waals surface area contributed by atoms with Crippen LogP contribution in [0.3, 0.4) is 0 Å². The van der Waals surface area contributed by atoms with Crippen molar-refractivity contribution in [1.82, 2.24) is 20.4 Å². The zero-order valence-electron chi connectivity index (χ0n) is 20.2. The predicted octanol–water partition coefficient (Wildman–Crippen LogP) is 4.75. The van der Waals surface area contributed by atoms with Gasteiger partial charge in [-0.1, -0.05) is 19.8 Å². The third kappa shape index (κ3) is 5.03. The van der Waals surface area contributed by atoms with Gasteiger partial charge in [0.15, 0.2) is 5.82 Å². The maximum atomic E-state index is 5.71. The molecule has 0 spiro atoms. The van der Waals surface area contributed by atoms with Crippen LogP contribution in [0, 0.1) is 5.41 Å². The molecule has 3 heterocycles. The Morgan fingerprint density at radius 3 is 2.81 bits per heavy atom. The summed E-state index contributed by atoms with van der Waals surface area (Å²) in [5.41, 5.74) is 1.64. The highest BCUT2D eigenvalue weighted by atomic mass is 16.5. The summed E-state index contributed by atoms with van der Waals surface area (Å²) in [5.74, 6) is 4.10. The molecule has 2 aliphatic carbocycles. The van der Waals surface area contributed by atoms with Crippen molar-refractivity contribution in [3.05, 3.63) is 35.5 Å². The molecule has 0 atom stereocenters. The first kappa shape index (κ1) is 22.9. The van der Waals surface area contributed by atoms with E-state index in [4.69, 9.17) is 9.73 Å². The van der Waals surface area contributed by atoms with Gasteiger partial charge in [0.05, 0.1) is 12.4 Å². The standard InChI is InChI=1S/C25H40N6O/c1-5-9-24(31-17-25(16-26-4)14-20(31)15-25)28-22(12-18(3)32-6-2)27-23-13-21(29-30-23)19-10-7-8-11-19/h9,12-13,19-20,26H,5-8,10-11,14-17H2,1-4H3,(H2,27,28,29,30)/b18-12+,24-9-. The Balaban J connectivity index is 1.56. The minimum absolute atomic E-state index is 0.408. The predicted molar refractivity (Wildman–Crippen MR) is 131 cm³/mol. The summed E-state index contributed by atoms with van der Waals surface area (Å²) in [4.78, 5) is 7.60. The highest BCUT2D eigenvalue weighted by Crippen LogP contribution is 2.52. The van der Waals surface area contributed by atoms with Crippen molar-refractivity contribution in [3.63, 3.8) is 0 Å². The Bertz CT molecular complexity index is 858. The molecule has 0 amide bonds. The summed E-state index contributed by atoms with van der Waals surface area (Å²) in [6.45, 7) is 8.95.